The molecule has 1 saturated heterocycles. The largest absolute Gasteiger partial charge is 0.296 e. The fourth-order valence-electron chi connectivity index (χ4n) is 2.78. The number of hydrogen-bond donors (Lipinski definition) is 1. The van der Waals surface area contributed by atoms with Crippen molar-refractivity contribution in [1.82, 2.24) is 14.5 Å². The molecular weight excluding hydrogens is 408 g/mol. The summed E-state index contributed by atoms with van der Waals surface area (Å²) in [6.07, 6.45) is 2.71. The standard InChI is InChI=1S/C17H21ClN4O3S2/c1-11(2)16-20-21-17(26-16)19-15(23)13-10-12(6-7-14(13)18)27(24,25)22-8-4-3-5-9-22/h6-7,10-11H,3-5,8-9H2,1-2H3,(H,19,21,23). The number of nitrogens with zero attached hydrogens (tertiary/aromatic N) is 3. The highest BCUT2D eigenvalue weighted by Crippen LogP contribution is 2.27. The van der Waals surface area contributed by atoms with Crippen molar-refractivity contribution in [1.29, 1.82) is 0 Å². The van der Waals surface area contributed by atoms with Crippen molar-refractivity contribution in [3.8, 4) is 0 Å². The minimum atomic E-state index is -3.65. The molecule has 0 aliphatic carbocycles. The fraction of sp³-hybridized carbons (Fsp3) is 0.471. The average molecular weight is 429 g/mol. The molecule has 3 rings (SSSR count). The van der Waals surface area contributed by atoms with E-state index in [0.717, 1.165) is 24.3 Å². The highest BCUT2D eigenvalue weighted by molar-refractivity contribution is 7.89. The quantitative estimate of drug-likeness (QED) is 0.782. The molecule has 0 radical (unpaired) electrons. The van der Waals surface area contributed by atoms with E-state index in [0.29, 0.717) is 18.2 Å². The smallest absolute Gasteiger partial charge is 0.259 e. The van der Waals surface area contributed by atoms with E-state index in [1.807, 2.05) is 13.8 Å². The van der Waals surface area contributed by atoms with Gasteiger partial charge in [-0.25, -0.2) is 8.42 Å². The van der Waals surface area contributed by atoms with Crippen LogP contribution in [0, 0.1) is 0 Å². The first-order chi connectivity index (χ1) is 12.8. The topological polar surface area (TPSA) is 92.3 Å². The number of amides is 1. The van der Waals surface area contributed by atoms with E-state index in [1.165, 1.54) is 33.8 Å². The molecule has 1 aromatic heterocycles. The molecule has 146 valence electrons. The summed E-state index contributed by atoms with van der Waals surface area (Å²) in [5.41, 5.74) is 0.0936. The summed E-state index contributed by atoms with van der Waals surface area (Å²) >= 11 is 7.43. The Hall–Kier alpha value is -1.55. The average Bonchev–Trinajstić information content (AvgIpc) is 3.11. The van der Waals surface area contributed by atoms with Gasteiger partial charge in [-0.15, -0.1) is 10.2 Å². The number of hydrogen-bond acceptors (Lipinski definition) is 6. The number of halogens is 1. The molecule has 10 heteroatoms. The summed E-state index contributed by atoms with van der Waals surface area (Å²) in [4.78, 5) is 12.7. The van der Waals surface area contributed by atoms with Crippen LogP contribution in [-0.2, 0) is 10.0 Å². The molecule has 2 aromatic rings. The summed E-state index contributed by atoms with van der Waals surface area (Å²) in [5.74, 6) is -0.308. The second-order valence-corrected chi connectivity index (χ2v) is 10.0. The van der Waals surface area contributed by atoms with Gasteiger partial charge in [-0.1, -0.05) is 43.2 Å². The Kier molecular flexibility index (Phi) is 6.15. The van der Waals surface area contributed by atoms with Gasteiger partial charge in [0.25, 0.3) is 5.91 Å². The highest BCUT2D eigenvalue weighted by atomic mass is 35.5. The Morgan fingerprint density at radius 1 is 1.22 bits per heavy atom. The van der Waals surface area contributed by atoms with Gasteiger partial charge < -0.3 is 0 Å². The lowest BCUT2D eigenvalue weighted by atomic mass is 10.2. The van der Waals surface area contributed by atoms with E-state index in [2.05, 4.69) is 15.5 Å². The summed E-state index contributed by atoms with van der Waals surface area (Å²) < 4.78 is 27.1. The molecule has 1 aromatic carbocycles. The first kappa shape index (κ1) is 20.2. The zero-order chi connectivity index (χ0) is 19.6. The monoisotopic (exact) mass is 428 g/mol. The molecule has 0 unspecified atom stereocenters. The van der Waals surface area contributed by atoms with Gasteiger partial charge in [0.05, 0.1) is 15.5 Å². The number of carbonyl (C=O) groups is 1. The molecule has 0 atom stereocenters. The van der Waals surface area contributed by atoms with Crippen LogP contribution < -0.4 is 5.32 Å². The van der Waals surface area contributed by atoms with E-state index >= 15 is 0 Å². The molecule has 7 nitrogen and oxygen atoms in total. The summed E-state index contributed by atoms with van der Waals surface area (Å²) in [6.45, 7) is 4.96. The molecule has 1 fully saturated rings. The number of piperidine rings is 1. The Morgan fingerprint density at radius 3 is 2.56 bits per heavy atom. The third-order valence-corrected chi connectivity index (χ3v) is 7.65. The maximum absolute atomic E-state index is 12.8. The van der Waals surface area contributed by atoms with Crippen molar-refractivity contribution < 1.29 is 13.2 Å². The van der Waals surface area contributed by atoms with Gasteiger partial charge in [0.2, 0.25) is 15.2 Å². The number of sulfonamides is 1. The van der Waals surface area contributed by atoms with Crippen LogP contribution in [0.4, 0.5) is 5.13 Å². The van der Waals surface area contributed by atoms with E-state index in [-0.39, 0.29) is 21.4 Å². The van der Waals surface area contributed by atoms with Gasteiger partial charge in [-0.2, -0.15) is 4.31 Å². The SMILES string of the molecule is CC(C)c1nnc(NC(=O)c2cc(S(=O)(=O)N3CCCCC3)ccc2Cl)s1. The lowest BCUT2D eigenvalue weighted by Crippen LogP contribution is -2.35. The van der Waals surface area contributed by atoms with Crippen molar-refractivity contribution in [2.24, 2.45) is 0 Å². The van der Waals surface area contributed by atoms with E-state index < -0.39 is 15.9 Å². The van der Waals surface area contributed by atoms with Crippen LogP contribution >= 0.6 is 22.9 Å². The summed E-state index contributed by atoms with van der Waals surface area (Å²) in [7, 11) is -3.65. The Morgan fingerprint density at radius 2 is 1.93 bits per heavy atom. The number of nitrogens with one attached hydrogen (secondary N) is 1. The van der Waals surface area contributed by atoms with Gasteiger partial charge in [0.1, 0.15) is 5.01 Å². The molecule has 1 aliphatic heterocycles. The maximum atomic E-state index is 12.8. The maximum Gasteiger partial charge on any atom is 0.259 e. The van der Waals surface area contributed by atoms with Gasteiger partial charge in [0, 0.05) is 19.0 Å². The molecule has 1 aliphatic rings. The normalized spacial score (nSPS) is 15.9. The second-order valence-electron chi connectivity index (χ2n) is 6.66. The lowest BCUT2D eigenvalue weighted by molar-refractivity contribution is 0.102. The zero-order valence-corrected chi connectivity index (χ0v) is 17.5. The minimum Gasteiger partial charge on any atom is -0.296 e. The molecule has 0 saturated carbocycles. The van der Waals surface area contributed by atoms with E-state index in [4.69, 9.17) is 11.6 Å². The van der Waals surface area contributed by atoms with Gasteiger partial charge in [-0.3, -0.25) is 10.1 Å². The predicted molar refractivity (Wildman–Crippen MR) is 106 cm³/mol. The summed E-state index contributed by atoms with van der Waals surface area (Å²) in [5, 5.41) is 11.9. The van der Waals surface area contributed by atoms with Crippen LogP contribution in [0.5, 0.6) is 0 Å². The fourth-order valence-corrected chi connectivity index (χ4v) is 5.26. The lowest BCUT2D eigenvalue weighted by Gasteiger charge is -2.26. The molecule has 2 heterocycles. The minimum absolute atomic E-state index is 0.0686. The number of aromatic nitrogens is 2. The molecule has 0 bridgehead atoms. The number of anilines is 1. The Balaban J connectivity index is 1.85. The van der Waals surface area contributed by atoms with Crippen molar-refractivity contribution in [3.05, 3.63) is 33.8 Å². The van der Waals surface area contributed by atoms with Crippen molar-refractivity contribution in [2.45, 2.75) is 43.9 Å². The number of rotatable bonds is 5. The Bertz CT molecular complexity index is 937. The van der Waals surface area contributed by atoms with E-state index in [1.54, 1.807) is 0 Å². The second kappa shape index (κ2) is 8.22. The van der Waals surface area contributed by atoms with Gasteiger partial charge in [0.15, 0.2) is 0 Å². The zero-order valence-electron chi connectivity index (χ0n) is 15.1. The number of benzene rings is 1. The van der Waals surface area contributed by atoms with Gasteiger partial charge in [-0.05, 0) is 31.0 Å². The van der Waals surface area contributed by atoms with Gasteiger partial charge >= 0.3 is 0 Å². The van der Waals surface area contributed by atoms with Crippen LogP contribution in [0.2, 0.25) is 5.02 Å². The molecule has 27 heavy (non-hydrogen) atoms. The van der Waals surface area contributed by atoms with Crippen LogP contribution in [0.1, 0.15) is 54.4 Å². The van der Waals surface area contributed by atoms with Crippen molar-refractivity contribution in [2.75, 3.05) is 18.4 Å². The van der Waals surface area contributed by atoms with Crippen LogP contribution in [0.3, 0.4) is 0 Å². The Labute approximate surface area is 167 Å². The van der Waals surface area contributed by atoms with Crippen molar-refractivity contribution >= 4 is 44.0 Å². The highest BCUT2D eigenvalue weighted by Gasteiger charge is 2.27. The van der Waals surface area contributed by atoms with Crippen LogP contribution in [-0.4, -0.2) is 41.9 Å². The molecule has 1 N–H and O–H groups in total. The first-order valence-corrected chi connectivity index (χ1v) is 11.4. The summed E-state index contributed by atoms with van der Waals surface area (Å²) in [6, 6.07) is 4.20. The molecule has 1 amide bonds. The first-order valence-electron chi connectivity index (χ1n) is 8.73. The third kappa shape index (κ3) is 4.48. The van der Waals surface area contributed by atoms with Crippen molar-refractivity contribution in [3.63, 3.8) is 0 Å². The predicted octanol–water partition coefficient (Wildman–Crippen LogP) is 3.74. The molecular formula is C17H21ClN4O3S2. The van der Waals surface area contributed by atoms with E-state index in [9.17, 15) is 13.2 Å². The third-order valence-electron chi connectivity index (χ3n) is 4.29. The van der Waals surface area contributed by atoms with Crippen LogP contribution in [0.15, 0.2) is 23.1 Å². The molecule has 0 spiro atoms. The number of carbonyl (C=O) groups excluding carboxylic acids is 1. The van der Waals surface area contributed by atoms with Crippen LogP contribution in [0.25, 0.3) is 0 Å².